The van der Waals surface area contributed by atoms with Crippen LogP contribution in [0.4, 0.5) is 0 Å². The molecule has 170 valence electrons. The van der Waals surface area contributed by atoms with E-state index in [1.807, 2.05) is 50.2 Å². The molecular weight excluding hydrogens is 400 g/mol. The second kappa shape index (κ2) is 10.1. The van der Waals surface area contributed by atoms with Gasteiger partial charge in [0.05, 0.1) is 6.10 Å². The van der Waals surface area contributed by atoms with E-state index in [0.29, 0.717) is 18.6 Å². The van der Waals surface area contributed by atoms with Crippen molar-refractivity contribution in [3.8, 4) is 5.75 Å². The van der Waals surface area contributed by atoms with Gasteiger partial charge in [0, 0.05) is 18.6 Å². The molecule has 31 heavy (non-hydrogen) atoms. The Bertz CT molecular complexity index is 865. The number of hydrogen-bond donors (Lipinski definition) is 5. The molecule has 0 amide bonds. The fourth-order valence-electron chi connectivity index (χ4n) is 3.94. The van der Waals surface area contributed by atoms with Gasteiger partial charge in [-0.05, 0) is 55.5 Å². The average Bonchev–Trinajstić information content (AvgIpc) is 2.72. The lowest BCUT2D eigenvalue weighted by Crippen LogP contribution is -2.61. The van der Waals surface area contributed by atoms with Crippen LogP contribution in [0.1, 0.15) is 34.7 Å². The first-order valence-corrected chi connectivity index (χ1v) is 10.5. The van der Waals surface area contributed by atoms with Crippen LogP contribution in [-0.2, 0) is 17.6 Å². The summed E-state index contributed by atoms with van der Waals surface area (Å²) in [6, 6.07) is 11.8. The van der Waals surface area contributed by atoms with E-state index in [2.05, 4.69) is 0 Å². The van der Waals surface area contributed by atoms with Crippen molar-refractivity contribution in [3.63, 3.8) is 0 Å². The predicted octanol–water partition coefficient (Wildman–Crippen LogP) is 0.996. The Morgan fingerprint density at radius 3 is 2.23 bits per heavy atom. The number of ether oxygens (including phenoxy) is 2. The van der Waals surface area contributed by atoms with Gasteiger partial charge in [0.25, 0.3) is 0 Å². The molecule has 1 saturated heterocycles. The molecule has 1 heterocycles. The van der Waals surface area contributed by atoms with E-state index in [4.69, 9.17) is 14.6 Å². The number of aliphatic hydroxyl groups excluding tert-OH is 5. The average molecular weight is 433 g/mol. The molecule has 3 rings (SSSR count). The fourth-order valence-corrected chi connectivity index (χ4v) is 3.94. The predicted molar refractivity (Wildman–Crippen MR) is 115 cm³/mol. The second-order valence-electron chi connectivity index (χ2n) is 8.32. The van der Waals surface area contributed by atoms with Crippen molar-refractivity contribution in [2.24, 2.45) is 0 Å². The Kier molecular flexibility index (Phi) is 7.69. The SMILES string of the molecule is Cc1cc(C)c(Cc2ccc(CCO)cc2)c(O[C@@H]2O[C@H]([C@@H](C)O)[C@@H](O)[C@H](O)[C@H]2O)c1. The minimum absolute atomic E-state index is 0.103. The number of benzene rings is 2. The highest BCUT2D eigenvalue weighted by molar-refractivity contribution is 5.46. The molecule has 0 radical (unpaired) electrons. The molecule has 0 saturated carbocycles. The van der Waals surface area contributed by atoms with Gasteiger partial charge in [0.2, 0.25) is 6.29 Å². The molecule has 1 aliphatic rings. The topological polar surface area (TPSA) is 120 Å². The lowest BCUT2D eigenvalue weighted by atomic mass is 9.95. The number of aliphatic hydroxyl groups is 5. The van der Waals surface area contributed by atoms with Crippen LogP contribution >= 0.6 is 0 Å². The first kappa shape index (κ1) is 23.7. The van der Waals surface area contributed by atoms with Crippen LogP contribution in [0.3, 0.4) is 0 Å². The Morgan fingerprint density at radius 1 is 0.968 bits per heavy atom. The first-order chi connectivity index (χ1) is 14.7. The molecule has 6 atom stereocenters. The summed E-state index contributed by atoms with van der Waals surface area (Å²) in [6.45, 7) is 5.46. The van der Waals surface area contributed by atoms with Crippen molar-refractivity contribution in [1.82, 2.24) is 0 Å². The molecule has 0 aliphatic carbocycles. The standard InChI is InChI=1S/C24H32O7/c1-13-10-14(2)18(12-17-6-4-16(5-7-17)8-9-25)19(11-13)30-24-22(29)20(27)21(28)23(31-24)15(3)26/h4-7,10-11,15,20-29H,8-9,12H2,1-3H3/t15-,20+,21+,22-,23-,24-/m1/s1. The van der Waals surface area contributed by atoms with Gasteiger partial charge in [-0.25, -0.2) is 0 Å². The van der Waals surface area contributed by atoms with E-state index in [1.165, 1.54) is 6.92 Å². The van der Waals surface area contributed by atoms with Gasteiger partial charge in [-0.15, -0.1) is 0 Å². The van der Waals surface area contributed by atoms with E-state index < -0.39 is 36.8 Å². The van der Waals surface area contributed by atoms with Crippen molar-refractivity contribution in [3.05, 3.63) is 64.2 Å². The Balaban J connectivity index is 1.87. The maximum Gasteiger partial charge on any atom is 0.229 e. The Labute approximate surface area is 182 Å². The van der Waals surface area contributed by atoms with Crippen LogP contribution in [0.5, 0.6) is 5.75 Å². The largest absolute Gasteiger partial charge is 0.462 e. The maximum atomic E-state index is 10.4. The molecule has 0 bridgehead atoms. The van der Waals surface area contributed by atoms with Crippen molar-refractivity contribution in [2.45, 2.75) is 70.4 Å². The van der Waals surface area contributed by atoms with E-state index in [9.17, 15) is 20.4 Å². The van der Waals surface area contributed by atoms with Gasteiger partial charge in [0.15, 0.2) is 0 Å². The molecule has 0 aromatic heterocycles. The van der Waals surface area contributed by atoms with Gasteiger partial charge >= 0.3 is 0 Å². The smallest absolute Gasteiger partial charge is 0.229 e. The number of aryl methyl sites for hydroxylation is 2. The van der Waals surface area contributed by atoms with Crippen molar-refractivity contribution in [1.29, 1.82) is 0 Å². The van der Waals surface area contributed by atoms with Crippen LogP contribution < -0.4 is 4.74 Å². The van der Waals surface area contributed by atoms with Crippen LogP contribution in [0.15, 0.2) is 36.4 Å². The summed E-state index contributed by atoms with van der Waals surface area (Å²) in [5.41, 5.74) is 4.99. The third kappa shape index (κ3) is 5.44. The van der Waals surface area contributed by atoms with Gasteiger partial charge in [-0.1, -0.05) is 30.3 Å². The van der Waals surface area contributed by atoms with E-state index in [0.717, 1.165) is 27.8 Å². The molecule has 2 aromatic rings. The lowest BCUT2D eigenvalue weighted by molar-refractivity contribution is -0.286. The minimum Gasteiger partial charge on any atom is -0.462 e. The number of hydrogen-bond acceptors (Lipinski definition) is 7. The fraction of sp³-hybridized carbons (Fsp3) is 0.500. The third-order valence-electron chi connectivity index (χ3n) is 5.71. The summed E-state index contributed by atoms with van der Waals surface area (Å²) >= 11 is 0. The van der Waals surface area contributed by atoms with Crippen LogP contribution in [0.25, 0.3) is 0 Å². The molecule has 5 N–H and O–H groups in total. The summed E-state index contributed by atoms with van der Waals surface area (Å²) in [6.07, 6.45) is -6.61. The zero-order valence-corrected chi connectivity index (χ0v) is 18.1. The monoisotopic (exact) mass is 432 g/mol. The van der Waals surface area contributed by atoms with E-state index in [1.54, 1.807) is 0 Å². The number of rotatable bonds is 7. The minimum atomic E-state index is -1.51. The third-order valence-corrected chi connectivity index (χ3v) is 5.71. The Morgan fingerprint density at radius 2 is 1.61 bits per heavy atom. The van der Waals surface area contributed by atoms with E-state index >= 15 is 0 Å². The molecular formula is C24H32O7. The highest BCUT2D eigenvalue weighted by atomic mass is 16.7. The molecule has 7 nitrogen and oxygen atoms in total. The molecule has 0 unspecified atom stereocenters. The summed E-state index contributed by atoms with van der Waals surface area (Å²) in [4.78, 5) is 0. The van der Waals surface area contributed by atoms with Gasteiger partial charge in [0.1, 0.15) is 30.2 Å². The van der Waals surface area contributed by atoms with Crippen molar-refractivity contribution >= 4 is 0 Å². The highest BCUT2D eigenvalue weighted by Crippen LogP contribution is 2.31. The quantitative estimate of drug-likeness (QED) is 0.443. The zero-order valence-electron chi connectivity index (χ0n) is 18.1. The highest BCUT2D eigenvalue weighted by Gasteiger charge is 2.46. The summed E-state index contributed by atoms with van der Waals surface area (Å²) < 4.78 is 11.6. The zero-order chi connectivity index (χ0) is 22.7. The van der Waals surface area contributed by atoms with Crippen LogP contribution in [0, 0.1) is 13.8 Å². The van der Waals surface area contributed by atoms with Crippen LogP contribution in [0.2, 0.25) is 0 Å². The van der Waals surface area contributed by atoms with Crippen LogP contribution in [-0.4, -0.2) is 68.9 Å². The molecule has 7 heteroatoms. The maximum absolute atomic E-state index is 10.4. The van der Waals surface area contributed by atoms with Gasteiger partial charge in [-0.3, -0.25) is 0 Å². The summed E-state index contributed by atoms with van der Waals surface area (Å²) in [5.74, 6) is 0.508. The summed E-state index contributed by atoms with van der Waals surface area (Å²) in [5, 5.41) is 49.7. The van der Waals surface area contributed by atoms with Gasteiger partial charge in [-0.2, -0.15) is 0 Å². The summed E-state index contributed by atoms with van der Waals surface area (Å²) in [7, 11) is 0. The molecule has 0 spiro atoms. The van der Waals surface area contributed by atoms with Gasteiger partial charge < -0.3 is 35.0 Å². The second-order valence-corrected chi connectivity index (χ2v) is 8.32. The molecule has 1 fully saturated rings. The molecule has 2 aromatic carbocycles. The molecule has 1 aliphatic heterocycles. The lowest BCUT2D eigenvalue weighted by Gasteiger charge is -2.41. The normalized spacial score (nSPS) is 27.2. The van der Waals surface area contributed by atoms with E-state index in [-0.39, 0.29) is 6.61 Å². The first-order valence-electron chi connectivity index (χ1n) is 10.5. The Hall–Kier alpha value is -2.00. The van der Waals surface area contributed by atoms with Crippen molar-refractivity contribution < 1.29 is 35.0 Å². The van der Waals surface area contributed by atoms with Crippen molar-refractivity contribution in [2.75, 3.05) is 6.61 Å².